The molecule has 0 spiro atoms. The van der Waals surface area contributed by atoms with Gasteiger partial charge in [0.1, 0.15) is 0 Å². The average Bonchev–Trinajstić information content (AvgIpc) is 2.19. The number of hydrogen-bond acceptors (Lipinski definition) is 1. The van der Waals surface area contributed by atoms with Gasteiger partial charge in [0.2, 0.25) is 0 Å². The van der Waals surface area contributed by atoms with Crippen LogP contribution in [-0.2, 0) is 0 Å². The number of aromatic nitrogens is 1. The van der Waals surface area contributed by atoms with Crippen molar-refractivity contribution < 1.29 is 4.39 Å². The molecule has 0 bridgehead atoms. The fraction of sp³-hybridized carbons (Fsp3) is 0. The van der Waals surface area contributed by atoms with Crippen LogP contribution in [0, 0.1) is 5.95 Å². The molecule has 0 radical (unpaired) electrons. The van der Waals surface area contributed by atoms with Crippen molar-refractivity contribution in [2.24, 2.45) is 0 Å². The third-order valence-corrected chi connectivity index (χ3v) is 3.77. The molecular formula is C11H8FNSe. The van der Waals surface area contributed by atoms with Gasteiger partial charge in [-0.1, -0.05) is 0 Å². The molecule has 0 aliphatic heterocycles. The summed E-state index contributed by atoms with van der Waals surface area (Å²) in [6.07, 6.45) is 1.51. The van der Waals surface area contributed by atoms with Gasteiger partial charge in [0.25, 0.3) is 0 Å². The van der Waals surface area contributed by atoms with Crippen molar-refractivity contribution in [3.8, 4) is 0 Å². The normalized spacial score (nSPS) is 10.1. The second-order valence-corrected chi connectivity index (χ2v) is 5.14. The molecule has 1 heterocycles. The summed E-state index contributed by atoms with van der Waals surface area (Å²) in [6, 6.07) is 13.4. The predicted molar refractivity (Wildman–Crippen MR) is 55.7 cm³/mol. The second kappa shape index (κ2) is 4.36. The molecule has 0 saturated heterocycles. The summed E-state index contributed by atoms with van der Waals surface area (Å²) in [7, 11) is 0. The molecule has 0 saturated carbocycles. The molecule has 1 aromatic carbocycles. The first kappa shape index (κ1) is 9.38. The maximum absolute atomic E-state index is 12.8. The fourth-order valence-corrected chi connectivity index (χ4v) is 2.86. The number of nitrogens with zero attached hydrogens (tertiary/aromatic N) is 1. The van der Waals surface area contributed by atoms with Gasteiger partial charge in [-0.2, -0.15) is 0 Å². The first-order valence-electron chi connectivity index (χ1n) is 4.19. The van der Waals surface area contributed by atoms with Crippen molar-refractivity contribution >= 4 is 23.9 Å². The van der Waals surface area contributed by atoms with Crippen LogP contribution in [0.25, 0.3) is 0 Å². The Hall–Kier alpha value is -1.18. The van der Waals surface area contributed by atoms with Gasteiger partial charge in [0.05, 0.1) is 0 Å². The summed E-state index contributed by atoms with van der Waals surface area (Å²) >= 11 is 0.172. The number of pyridine rings is 1. The van der Waals surface area contributed by atoms with E-state index >= 15 is 0 Å². The third-order valence-electron chi connectivity index (χ3n) is 1.68. The van der Waals surface area contributed by atoms with Crippen molar-refractivity contribution in [3.63, 3.8) is 0 Å². The summed E-state index contributed by atoms with van der Waals surface area (Å²) in [5.41, 5.74) is 0. The van der Waals surface area contributed by atoms with E-state index in [-0.39, 0.29) is 15.0 Å². The van der Waals surface area contributed by atoms with Crippen LogP contribution in [0.5, 0.6) is 0 Å². The van der Waals surface area contributed by atoms with Crippen LogP contribution in [0.4, 0.5) is 4.39 Å². The molecular weight excluding hydrogens is 244 g/mol. The molecule has 14 heavy (non-hydrogen) atoms. The Morgan fingerprint density at radius 2 is 1.79 bits per heavy atom. The number of halogens is 1. The van der Waals surface area contributed by atoms with E-state index < -0.39 is 5.95 Å². The summed E-state index contributed by atoms with van der Waals surface area (Å²) < 4.78 is 15.0. The van der Waals surface area contributed by atoms with Crippen molar-refractivity contribution in [1.29, 1.82) is 0 Å². The zero-order valence-corrected chi connectivity index (χ0v) is 9.07. The standard InChI is InChI=1S/C11H8FNSe/c12-11-8-10(6-7-13-11)14-9-4-2-1-3-5-9/h1-8H. The molecule has 3 heteroatoms. The van der Waals surface area contributed by atoms with Crippen LogP contribution in [-0.4, -0.2) is 19.9 Å². The zero-order chi connectivity index (χ0) is 9.80. The molecule has 0 amide bonds. The quantitative estimate of drug-likeness (QED) is 0.571. The summed E-state index contributed by atoms with van der Waals surface area (Å²) in [6.45, 7) is 0. The Bertz CT molecular complexity index is 417. The van der Waals surface area contributed by atoms with Gasteiger partial charge in [0.15, 0.2) is 0 Å². The Morgan fingerprint density at radius 1 is 1.00 bits per heavy atom. The third kappa shape index (κ3) is 2.41. The molecule has 1 nitrogen and oxygen atoms in total. The van der Waals surface area contributed by atoms with Gasteiger partial charge in [-0.05, 0) is 0 Å². The summed E-state index contributed by atoms with van der Waals surface area (Å²) in [5.74, 6) is -0.402. The number of rotatable bonds is 2. The van der Waals surface area contributed by atoms with E-state index in [0.29, 0.717) is 0 Å². The molecule has 0 fully saturated rings. The van der Waals surface area contributed by atoms with Gasteiger partial charge in [0, 0.05) is 0 Å². The van der Waals surface area contributed by atoms with Gasteiger partial charge >= 0.3 is 87.9 Å². The van der Waals surface area contributed by atoms with E-state index in [1.807, 2.05) is 24.3 Å². The van der Waals surface area contributed by atoms with Crippen LogP contribution in [0.15, 0.2) is 48.7 Å². The van der Waals surface area contributed by atoms with E-state index in [1.54, 1.807) is 0 Å². The van der Waals surface area contributed by atoms with Crippen LogP contribution in [0.1, 0.15) is 0 Å². The minimum atomic E-state index is -0.402. The predicted octanol–water partition coefficient (Wildman–Crippen LogP) is 0.876. The molecule has 2 rings (SSSR count). The SMILES string of the molecule is Fc1cc([Se]c2ccccc2)ccn1. The van der Waals surface area contributed by atoms with E-state index in [9.17, 15) is 4.39 Å². The fourth-order valence-electron chi connectivity index (χ4n) is 1.07. The Labute approximate surface area is 88.2 Å². The van der Waals surface area contributed by atoms with E-state index in [2.05, 4.69) is 17.1 Å². The molecule has 0 aliphatic carbocycles. The minimum absolute atomic E-state index is 0.172. The Kier molecular flexibility index (Phi) is 2.92. The second-order valence-electron chi connectivity index (χ2n) is 2.73. The molecule has 1 aromatic heterocycles. The van der Waals surface area contributed by atoms with Crippen LogP contribution < -0.4 is 8.92 Å². The zero-order valence-electron chi connectivity index (χ0n) is 7.35. The average molecular weight is 252 g/mol. The van der Waals surface area contributed by atoms with Crippen molar-refractivity contribution in [2.45, 2.75) is 0 Å². The summed E-state index contributed by atoms with van der Waals surface area (Å²) in [4.78, 5) is 3.52. The van der Waals surface area contributed by atoms with E-state index in [1.165, 1.54) is 16.7 Å². The molecule has 0 aliphatic rings. The first-order chi connectivity index (χ1) is 6.84. The van der Waals surface area contributed by atoms with Crippen LogP contribution in [0.3, 0.4) is 0 Å². The van der Waals surface area contributed by atoms with Crippen molar-refractivity contribution in [1.82, 2.24) is 4.98 Å². The van der Waals surface area contributed by atoms with Gasteiger partial charge in [-0.15, -0.1) is 0 Å². The molecule has 0 N–H and O–H groups in total. The molecule has 0 unspecified atom stereocenters. The maximum atomic E-state index is 12.8. The Morgan fingerprint density at radius 3 is 2.50 bits per heavy atom. The number of hydrogen-bond donors (Lipinski definition) is 0. The molecule has 2 aromatic rings. The van der Waals surface area contributed by atoms with Crippen LogP contribution >= 0.6 is 0 Å². The van der Waals surface area contributed by atoms with Gasteiger partial charge in [-0.3, -0.25) is 0 Å². The topological polar surface area (TPSA) is 12.9 Å². The van der Waals surface area contributed by atoms with E-state index in [0.717, 1.165) is 4.46 Å². The monoisotopic (exact) mass is 253 g/mol. The van der Waals surface area contributed by atoms with E-state index in [4.69, 9.17) is 0 Å². The molecule has 70 valence electrons. The number of benzene rings is 1. The van der Waals surface area contributed by atoms with Crippen molar-refractivity contribution in [2.75, 3.05) is 0 Å². The molecule has 0 atom stereocenters. The summed E-state index contributed by atoms with van der Waals surface area (Å²) in [5, 5.41) is 0. The Balaban J connectivity index is 2.19. The van der Waals surface area contributed by atoms with Crippen molar-refractivity contribution in [3.05, 3.63) is 54.6 Å². The van der Waals surface area contributed by atoms with Crippen LogP contribution in [0.2, 0.25) is 0 Å². The van der Waals surface area contributed by atoms with Gasteiger partial charge < -0.3 is 0 Å². The van der Waals surface area contributed by atoms with Gasteiger partial charge in [-0.25, -0.2) is 0 Å². The first-order valence-corrected chi connectivity index (χ1v) is 5.90.